The molecule has 0 saturated carbocycles. The Kier molecular flexibility index (Phi) is 7.45. The van der Waals surface area contributed by atoms with Crippen molar-refractivity contribution in [1.29, 1.82) is 5.26 Å². The lowest BCUT2D eigenvalue weighted by Gasteiger charge is -2.15. The second-order valence-corrected chi connectivity index (χ2v) is 8.06. The van der Waals surface area contributed by atoms with Crippen LogP contribution in [-0.4, -0.2) is 33.8 Å². The summed E-state index contributed by atoms with van der Waals surface area (Å²) in [5.74, 6) is 0.274. The first kappa shape index (κ1) is 22.0. The minimum Gasteiger partial charge on any atom is -0.493 e. The van der Waals surface area contributed by atoms with Gasteiger partial charge < -0.3 is 14.8 Å². The van der Waals surface area contributed by atoms with Gasteiger partial charge in [-0.15, -0.1) is 0 Å². The first-order valence-corrected chi connectivity index (χ1v) is 10.6. The predicted octanol–water partition coefficient (Wildman–Crippen LogP) is 3.04. The molecule has 2 aromatic rings. The Balaban J connectivity index is 2.06. The highest BCUT2D eigenvalue weighted by Gasteiger charge is 2.14. The van der Waals surface area contributed by atoms with Gasteiger partial charge in [0, 0.05) is 11.8 Å². The van der Waals surface area contributed by atoms with Gasteiger partial charge in [0.05, 0.1) is 30.2 Å². The van der Waals surface area contributed by atoms with Crippen molar-refractivity contribution in [1.82, 2.24) is 0 Å². The van der Waals surface area contributed by atoms with Gasteiger partial charge in [-0.25, -0.2) is 8.42 Å². The lowest BCUT2D eigenvalue weighted by Crippen LogP contribution is -2.21. The molecule has 0 saturated heterocycles. The topological polar surface area (TPSA) is 118 Å². The van der Waals surface area contributed by atoms with Crippen LogP contribution in [0, 0.1) is 18.3 Å². The third-order valence-electron chi connectivity index (χ3n) is 4.00. The van der Waals surface area contributed by atoms with Crippen LogP contribution in [0.25, 0.3) is 0 Å². The Hall–Kier alpha value is -3.25. The molecule has 0 bridgehead atoms. The van der Waals surface area contributed by atoms with E-state index in [2.05, 4.69) is 10.0 Å². The summed E-state index contributed by atoms with van der Waals surface area (Å²) < 4.78 is 37.2. The van der Waals surface area contributed by atoms with Gasteiger partial charge >= 0.3 is 0 Å². The first-order chi connectivity index (χ1) is 13.8. The van der Waals surface area contributed by atoms with Crippen molar-refractivity contribution >= 4 is 27.3 Å². The van der Waals surface area contributed by atoms with Crippen LogP contribution in [0.2, 0.25) is 0 Å². The smallest absolute Gasteiger partial charge is 0.262 e. The SMILES string of the molecule is CCCS(=O)(=O)Nc1cccc(NC(=O)COc2ccc(C#N)cc2OC)c1C. The molecule has 154 valence electrons. The van der Waals surface area contributed by atoms with E-state index in [4.69, 9.17) is 14.7 Å². The maximum atomic E-state index is 12.3. The highest BCUT2D eigenvalue weighted by molar-refractivity contribution is 7.92. The van der Waals surface area contributed by atoms with Gasteiger partial charge in [-0.3, -0.25) is 9.52 Å². The molecule has 1 amide bonds. The number of ether oxygens (including phenoxy) is 2. The molecule has 9 heteroatoms. The predicted molar refractivity (Wildman–Crippen MR) is 111 cm³/mol. The lowest BCUT2D eigenvalue weighted by atomic mass is 10.1. The van der Waals surface area contributed by atoms with E-state index in [1.54, 1.807) is 44.2 Å². The van der Waals surface area contributed by atoms with Crippen molar-refractivity contribution < 1.29 is 22.7 Å². The van der Waals surface area contributed by atoms with Crippen LogP contribution in [0.3, 0.4) is 0 Å². The average molecular weight is 417 g/mol. The number of benzene rings is 2. The minimum atomic E-state index is -3.44. The monoisotopic (exact) mass is 417 g/mol. The molecule has 0 aromatic heterocycles. The number of sulfonamides is 1. The summed E-state index contributed by atoms with van der Waals surface area (Å²) in [4.78, 5) is 12.3. The average Bonchev–Trinajstić information content (AvgIpc) is 2.69. The summed E-state index contributed by atoms with van der Waals surface area (Å²) in [5.41, 5.74) is 1.89. The van der Waals surface area contributed by atoms with Crippen LogP contribution in [0.5, 0.6) is 11.5 Å². The summed E-state index contributed by atoms with van der Waals surface area (Å²) in [5, 5.41) is 11.6. The molecule has 8 nitrogen and oxygen atoms in total. The molecular weight excluding hydrogens is 394 g/mol. The molecule has 2 rings (SSSR count). The number of nitrogens with zero attached hydrogens (tertiary/aromatic N) is 1. The fourth-order valence-electron chi connectivity index (χ4n) is 2.55. The van der Waals surface area contributed by atoms with E-state index < -0.39 is 15.9 Å². The fraction of sp³-hybridized carbons (Fsp3) is 0.300. The molecule has 0 unspecified atom stereocenters. The van der Waals surface area contributed by atoms with Crippen LogP contribution in [0.1, 0.15) is 24.5 Å². The number of carbonyl (C=O) groups excluding carboxylic acids is 1. The van der Waals surface area contributed by atoms with Crippen molar-refractivity contribution in [3.63, 3.8) is 0 Å². The maximum absolute atomic E-state index is 12.3. The minimum absolute atomic E-state index is 0.0172. The zero-order valence-corrected chi connectivity index (χ0v) is 17.3. The molecule has 0 aliphatic rings. The summed E-state index contributed by atoms with van der Waals surface area (Å²) in [6.07, 6.45) is 0.501. The van der Waals surface area contributed by atoms with Crippen LogP contribution >= 0.6 is 0 Å². The van der Waals surface area contributed by atoms with Crippen molar-refractivity contribution in [3.8, 4) is 17.6 Å². The summed E-state index contributed by atoms with van der Waals surface area (Å²) in [6, 6.07) is 11.6. The van der Waals surface area contributed by atoms with Crippen LogP contribution < -0.4 is 19.5 Å². The molecule has 0 spiro atoms. The zero-order valence-electron chi connectivity index (χ0n) is 16.5. The molecule has 2 N–H and O–H groups in total. The van der Waals surface area contributed by atoms with Crippen molar-refractivity contribution in [2.75, 3.05) is 29.5 Å². The van der Waals surface area contributed by atoms with E-state index in [9.17, 15) is 13.2 Å². The van der Waals surface area contributed by atoms with Crippen LogP contribution in [-0.2, 0) is 14.8 Å². The Morgan fingerprint density at radius 3 is 2.55 bits per heavy atom. The molecule has 2 aromatic carbocycles. The quantitative estimate of drug-likeness (QED) is 0.647. The van der Waals surface area contributed by atoms with Gasteiger partial charge in [-0.2, -0.15) is 5.26 Å². The van der Waals surface area contributed by atoms with Crippen LogP contribution in [0.15, 0.2) is 36.4 Å². The molecule has 0 heterocycles. The van der Waals surface area contributed by atoms with Crippen molar-refractivity contribution in [2.24, 2.45) is 0 Å². The molecule has 0 atom stereocenters. The number of anilines is 2. The number of nitriles is 1. The number of amides is 1. The summed E-state index contributed by atoms with van der Waals surface area (Å²) in [6.45, 7) is 3.21. The fourth-order valence-corrected chi connectivity index (χ4v) is 3.75. The van der Waals surface area contributed by atoms with Gasteiger partial charge in [0.15, 0.2) is 18.1 Å². The van der Waals surface area contributed by atoms with Crippen molar-refractivity contribution in [2.45, 2.75) is 20.3 Å². The number of carbonyl (C=O) groups is 1. The van der Waals surface area contributed by atoms with Gasteiger partial charge in [-0.05, 0) is 43.2 Å². The third kappa shape index (κ3) is 6.12. The van der Waals surface area contributed by atoms with Gasteiger partial charge in [-0.1, -0.05) is 13.0 Å². The normalized spacial score (nSPS) is 10.7. The van der Waals surface area contributed by atoms with Gasteiger partial charge in [0.25, 0.3) is 5.91 Å². The largest absolute Gasteiger partial charge is 0.493 e. The number of hydrogen-bond donors (Lipinski definition) is 2. The highest BCUT2D eigenvalue weighted by atomic mass is 32.2. The molecule has 0 fully saturated rings. The van der Waals surface area contributed by atoms with Gasteiger partial charge in [0.2, 0.25) is 10.0 Å². The standard InChI is InChI=1S/C20H23N3O5S/c1-4-10-29(25,26)23-17-7-5-6-16(14(17)2)22-20(24)13-28-18-9-8-15(12-21)11-19(18)27-3/h5-9,11,23H,4,10,13H2,1-3H3,(H,22,24). The summed E-state index contributed by atoms with van der Waals surface area (Å²) in [7, 11) is -1.99. The lowest BCUT2D eigenvalue weighted by molar-refractivity contribution is -0.118. The third-order valence-corrected chi connectivity index (χ3v) is 5.47. The Morgan fingerprint density at radius 1 is 1.17 bits per heavy atom. The van der Waals surface area contributed by atoms with E-state index in [0.717, 1.165) is 0 Å². The second-order valence-electron chi connectivity index (χ2n) is 6.21. The second kappa shape index (κ2) is 9.80. The van der Waals surface area contributed by atoms with Gasteiger partial charge in [0.1, 0.15) is 0 Å². The number of nitrogens with one attached hydrogen (secondary N) is 2. The van der Waals surface area contributed by atoms with Crippen LogP contribution in [0.4, 0.5) is 11.4 Å². The van der Waals surface area contributed by atoms with E-state index in [-0.39, 0.29) is 12.4 Å². The molecular formula is C20H23N3O5S. The summed E-state index contributed by atoms with van der Waals surface area (Å²) >= 11 is 0. The molecule has 0 aliphatic carbocycles. The number of hydrogen-bond acceptors (Lipinski definition) is 6. The highest BCUT2D eigenvalue weighted by Crippen LogP contribution is 2.28. The number of methoxy groups -OCH3 is 1. The molecule has 0 radical (unpaired) electrons. The maximum Gasteiger partial charge on any atom is 0.262 e. The Bertz CT molecular complexity index is 1030. The number of rotatable bonds is 9. The Morgan fingerprint density at radius 2 is 1.90 bits per heavy atom. The zero-order chi connectivity index (χ0) is 21.4. The molecule has 29 heavy (non-hydrogen) atoms. The van der Waals surface area contributed by atoms with Crippen molar-refractivity contribution in [3.05, 3.63) is 47.5 Å². The van der Waals surface area contributed by atoms with E-state index in [0.29, 0.717) is 40.4 Å². The van der Waals surface area contributed by atoms with E-state index >= 15 is 0 Å². The van der Waals surface area contributed by atoms with E-state index in [1.807, 2.05) is 6.07 Å². The molecule has 0 aliphatic heterocycles. The first-order valence-electron chi connectivity index (χ1n) is 8.90. The Labute approximate surface area is 170 Å². The van der Waals surface area contributed by atoms with E-state index in [1.165, 1.54) is 13.2 Å².